The van der Waals surface area contributed by atoms with E-state index in [1.54, 1.807) is 16.0 Å². The minimum atomic E-state index is -0.939. The van der Waals surface area contributed by atoms with Gasteiger partial charge in [-0.3, -0.25) is 9.20 Å². The van der Waals surface area contributed by atoms with E-state index >= 15 is 0 Å². The van der Waals surface area contributed by atoms with Crippen molar-refractivity contribution in [3.05, 3.63) is 58.3 Å². The first-order valence-electron chi connectivity index (χ1n) is 8.66. The average Bonchev–Trinajstić information content (AvgIpc) is 3.22. The number of halogens is 1. The molecule has 0 radical (unpaired) electrons. The second-order valence-electron chi connectivity index (χ2n) is 6.12. The molecular weight excluding hydrogens is 386 g/mol. The number of aromatic nitrogens is 2. The Labute approximate surface area is 166 Å². The summed E-state index contributed by atoms with van der Waals surface area (Å²) >= 11 is 7.39. The molecule has 0 aliphatic rings. The number of hydrogen-bond acceptors (Lipinski definition) is 5. The highest BCUT2D eigenvalue weighted by Crippen LogP contribution is 2.22. The van der Waals surface area contributed by atoms with Crippen molar-refractivity contribution in [3.8, 4) is 0 Å². The van der Waals surface area contributed by atoms with Crippen LogP contribution in [0.3, 0.4) is 0 Å². The molecule has 27 heavy (non-hydrogen) atoms. The highest BCUT2D eigenvalue weighted by molar-refractivity contribution is 7.15. The molecule has 2 atom stereocenters. The molecular formula is C19H20ClN3O3S. The number of ether oxygens (including phenoxy) is 1. The van der Waals surface area contributed by atoms with Crippen molar-refractivity contribution < 1.29 is 14.3 Å². The number of imidazole rings is 1. The summed E-state index contributed by atoms with van der Waals surface area (Å²) in [6.07, 6.45) is 1.64. The van der Waals surface area contributed by atoms with Crippen LogP contribution in [0.15, 0.2) is 41.9 Å². The van der Waals surface area contributed by atoms with Gasteiger partial charge in [0.2, 0.25) is 0 Å². The number of nitrogens with one attached hydrogen (secondary N) is 1. The highest BCUT2D eigenvalue weighted by Gasteiger charge is 2.25. The fourth-order valence-corrected chi connectivity index (χ4v) is 3.81. The molecule has 6 nitrogen and oxygen atoms in total. The number of nitrogens with zero attached hydrogens (tertiary/aromatic N) is 2. The molecule has 0 spiro atoms. The molecule has 0 bridgehead atoms. The van der Waals surface area contributed by atoms with Crippen LogP contribution in [-0.2, 0) is 9.53 Å². The first-order valence-corrected chi connectivity index (χ1v) is 9.91. The van der Waals surface area contributed by atoms with E-state index in [-0.39, 0.29) is 22.7 Å². The Kier molecular flexibility index (Phi) is 6.13. The van der Waals surface area contributed by atoms with Gasteiger partial charge in [-0.15, -0.1) is 11.3 Å². The van der Waals surface area contributed by atoms with Gasteiger partial charge in [0.15, 0.2) is 21.9 Å². The standard InChI is InChI=1S/C19H20ClN3O3S/c1-3-13(14-7-5-4-6-8-14)11-21-17(24)12(2)26-18(25)15-16(20)22-19-23(15)9-10-27-19/h4-10,12-13H,3,11H2,1-2H3,(H,21,24)/t12-,13-/m1/s1. The highest BCUT2D eigenvalue weighted by atomic mass is 35.5. The van der Waals surface area contributed by atoms with E-state index in [0.29, 0.717) is 11.5 Å². The number of thiazole rings is 1. The van der Waals surface area contributed by atoms with Gasteiger partial charge in [0.25, 0.3) is 5.91 Å². The van der Waals surface area contributed by atoms with Gasteiger partial charge in [-0.1, -0.05) is 48.9 Å². The summed E-state index contributed by atoms with van der Waals surface area (Å²) in [5.74, 6) is -0.823. The van der Waals surface area contributed by atoms with E-state index < -0.39 is 12.1 Å². The number of carbonyl (C=O) groups excluding carboxylic acids is 2. The van der Waals surface area contributed by atoms with E-state index in [1.165, 1.54) is 18.3 Å². The molecule has 1 N–H and O–H groups in total. The quantitative estimate of drug-likeness (QED) is 0.605. The molecule has 0 saturated carbocycles. The molecule has 0 saturated heterocycles. The predicted octanol–water partition coefficient (Wildman–Crippen LogP) is 3.90. The minimum Gasteiger partial charge on any atom is -0.448 e. The maximum atomic E-state index is 12.4. The molecule has 0 aliphatic carbocycles. The third kappa shape index (κ3) is 4.31. The number of amides is 1. The summed E-state index contributed by atoms with van der Waals surface area (Å²) in [7, 11) is 0. The van der Waals surface area contributed by atoms with Crippen LogP contribution >= 0.6 is 22.9 Å². The number of fused-ring (bicyclic) bond motifs is 1. The second-order valence-corrected chi connectivity index (χ2v) is 7.35. The van der Waals surface area contributed by atoms with Gasteiger partial charge in [0.05, 0.1) is 0 Å². The number of benzene rings is 1. The molecule has 142 valence electrons. The zero-order valence-electron chi connectivity index (χ0n) is 15.0. The van der Waals surface area contributed by atoms with E-state index in [1.807, 2.05) is 30.3 Å². The Morgan fingerprint density at radius 1 is 1.33 bits per heavy atom. The molecule has 2 aromatic heterocycles. The Balaban J connectivity index is 1.59. The van der Waals surface area contributed by atoms with E-state index in [4.69, 9.17) is 16.3 Å². The van der Waals surface area contributed by atoms with Crippen LogP contribution in [-0.4, -0.2) is 33.9 Å². The Morgan fingerprint density at radius 3 is 2.78 bits per heavy atom. The SMILES string of the molecule is CC[C@H](CNC(=O)[C@@H](C)OC(=O)c1c(Cl)nc2sccn12)c1ccccc1. The lowest BCUT2D eigenvalue weighted by Crippen LogP contribution is -2.38. The molecule has 1 aromatic carbocycles. The Morgan fingerprint density at radius 2 is 2.07 bits per heavy atom. The van der Waals surface area contributed by atoms with Gasteiger partial charge >= 0.3 is 5.97 Å². The summed E-state index contributed by atoms with van der Waals surface area (Å²) < 4.78 is 6.85. The lowest BCUT2D eigenvalue weighted by Gasteiger charge is -2.18. The molecule has 1 amide bonds. The van der Waals surface area contributed by atoms with E-state index in [2.05, 4.69) is 17.2 Å². The summed E-state index contributed by atoms with van der Waals surface area (Å²) in [6, 6.07) is 9.99. The zero-order valence-corrected chi connectivity index (χ0v) is 16.6. The van der Waals surface area contributed by atoms with Crippen molar-refractivity contribution in [3.63, 3.8) is 0 Å². The second kappa shape index (κ2) is 8.54. The van der Waals surface area contributed by atoms with Gasteiger partial charge in [-0.05, 0) is 18.9 Å². The van der Waals surface area contributed by atoms with Crippen LogP contribution in [0, 0.1) is 0 Å². The van der Waals surface area contributed by atoms with Crippen LogP contribution in [0.2, 0.25) is 5.15 Å². The molecule has 3 aromatic rings. The van der Waals surface area contributed by atoms with Gasteiger partial charge in [-0.25, -0.2) is 9.78 Å². The zero-order chi connectivity index (χ0) is 19.4. The normalized spacial score (nSPS) is 13.3. The van der Waals surface area contributed by atoms with Crippen molar-refractivity contribution >= 4 is 39.8 Å². The van der Waals surface area contributed by atoms with E-state index in [0.717, 1.165) is 12.0 Å². The predicted molar refractivity (Wildman–Crippen MR) is 105 cm³/mol. The van der Waals surface area contributed by atoms with Crippen LogP contribution in [0.25, 0.3) is 4.96 Å². The first kappa shape index (κ1) is 19.4. The molecule has 0 aliphatic heterocycles. The van der Waals surface area contributed by atoms with Crippen molar-refractivity contribution in [2.45, 2.75) is 32.3 Å². The van der Waals surface area contributed by atoms with Crippen molar-refractivity contribution in [2.75, 3.05) is 6.54 Å². The number of rotatable bonds is 7. The monoisotopic (exact) mass is 405 g/mol. The molecule has 0 fully saturated rings. The summed E-state index contributed by atoms with van der Waals surface area (Å²) in [5.41, 5.74) is 1.29. The van der Waals surface area contributed by atoms with Crippen LogP contribution in [0.5, 0.6) is 0 Å². The minimum absolute atomic E-state index is 0.0644. The fraction of sp³-hybridized carbons (Fsp3) is 0.316. The van der Waals surface area contributed by atoms with Gasteiger partial charge in [0.1, 0.15) is 0 Å². The van der Waals surface area contributed by atoms with Crippen LogP contribution in [0.4, 0.5) is 0 Å². The molecule has 0 unspecified atom stereocenters. The maximum Gasteiger partial charge on any atom is 0.359 e. The molecule has 8 heteroatoms. The smallest absolute Gasteiger partial charge is 0.359 e. The molecule has 2 heterocycles. The largest absolute Gasteiger partial charge is 0.448 e. The maximum absolute atomic E-state index is 12.4. The van der Waals surface area contributed by atoms with Gasteiger partial charge in [-0.2, -0.15) is 0 Å². The van der Waals surface area contributed by atoms with Crippen LogP contribution in [0.1, 0.15) is 42.2 Å². The van der Waals surface area contributed by atoms with Gasteiger partial charge < -0.3 is 10.1 Å². The van der Waals surface area contributed by atoms with Crippen molar-refractivity contribution in [1.82, 2.24) is 14.7 Å². The summed E-state index contributed by atoms with van der Waals surface area (Å²) in [6.45, 7) is 4.08. The topological polar surface area (TPSA) is 72.7 Å². The molecule has 3 rings (SSSR count). The van der Waals surface area contributed by atoms with Crippen molar-refractivity contribution in [2.24, 2.45) is 0 Å². The average molecular weight is 406 g/mol. The van der Waals surface area contributed by atoms with Gasteiger partial charge in [0, 0.05) is 24.0 Å². The first-order chi connectivity index (χ1) is 13.0. The fourth-order valence-electron chi connectivity index (χ4n) is 2.80. The Bertz CT molecular complexity index is 938. The van der Waals surface area contributed by atoms with Crippen LogP contribution < -0.4 is 5.32 Å². The third-order valence-corrected chi connectivity index (χ3v) is 5.37. The van der Waals surface area contributed by atoms with Crippen molar-refractivity contribution in [1.29, 1.82) is 0 Å². The summed E-state index contributed by atoms with van der Waals surface area (Å²) in [5, 5.41) is 4.72. The number of hydrogen-bond donors (Lipinski definition) is 1. The lowest BCUT2D eigenvalue weighted by molar-refractivity contribution is -0.129. The number of carbonyl (C=O) groups is 2. The Hall–Kier alpha value is -2.38. The lowest BCUT2D eigenvalue weighted by atomic mass is 9.96. The number of esters is 1. The van der Waals surface area contributed by atoms with E-state index in [9.17, 15) is 9.59 Å². The third-order valence-electron chi connectivity index (χ3n) is 4.35. The summed E-state index contributed by atoms with van der Waals surface area (Å²) in [4.78, 5) is 29.5.